The van der Waals surface area contributed by atoms with Gasteiger partial charge in [0.25, 0.3) is 30.4 Å². The number of rotatable bonds is 5. The number of benzene rings is 3. The summed E-state index contributed by atoms with van der Waals surface area (Å²) in [5, 5.41) is 17.9. The topological polar surface area (TPSA) is 208 Å². The van der Waals surface area contributed by atoms with Crippen molar-refractivity contribution in [3.63, 3.8) is 0 Å². The van der Waals surface area contributed by atoms with Gasteiger partial charge in [-0.25, -0.2) is 0 Å². The van der Waals surface area contributed by atoms with E-state index in [1.54, 1.807) is 0 Å². The van der Waals surface area contributed by atoms with Crippen molar-refractivity contribution in [2.24, 2.45) is 10.2 Å². The van der Waals surface area contributed by atoms with Crippen LogP contribution in [0.3, 0.4) is 0 Å². The Balaban J connectivity index is 2.18. The van der Waals surface area contributed by atoms with Gasteiger partial charge in [0.1, 0.15) is 21.2 Å². The van der Waals surface area contributed by atoms with E-state index in [-0.39, 0.29) is 10.6 Å². The highest BCUT2D eigenvalue weighted by atomic mass is 32.2. The number of aromatic hydroxyl groups is 1. The van der Waals surface area contributed by atoms with Crippen LogP contribution in [0.5, 0.6) is 5.75 Å². The first-order chi connectivity index (χ1) is 14.2. The molecule has 3 aromatic carbocycles. The first-order valence-corrected chi connectivity index (χ1v) is 12.2. The summed E-state index contributed by atoms with van der Waals surface area (Å²) in [6, 6.07) is 8.88. The number of phenols is 1. The molecule has 0 bridgehead atoms. The lowest BCUT2D eigenvalue weighted by atomic mass is 10.1. The summed E-state index contributed by atoms with van der Waals surface area (Å²) >= 11 is 0. The molecule has 0 saturated carbocycles. The molecule has 0 atom stereocenters. The molecule has 31 heavy (non-hydrogen) atoms. The van der Waals surface area contributed by atoms with Gasteiger partial charge >= 0.3 is 0 Å². The average Bonchev–Trinajstić information content (AvgIpc) is 2.63. The Morgan fingerprint density at radius 1 is 0.645 bits per heavy atom. The molecule has 0 unspecified atom stereocenters. The van der Waals surface area contributed by atoms with Crippen LogP contribution in [0.2, 0.25) is 0 Å². The molecule has 0 saturated heterocycles. The second kappa shape index (κ2) is 7.63. The Morgan fingerprint density at radius 2 is 1.26 bits per heavy atom. The first kappa shape index (κ1) is 22.7. The molecule has 164 valence electrons. The Kier molecular flexibility index (Phi) is 5.59. The number of nitrogens with zero attached hydrogens (tertiary/aromatic N) is 2. The van der Waals surface area contributed by atoms with Gasteiger partial charge in [-0.2, -0.15) is 25.3 Å². The SMILES string of the molecule is O=S(=O)(O)c1ccc2c(N=Nc3cc(O)c(S(=O)(=O)O)cc3S(=O)(=O)O)cccc2c1. The van der Waals surface area contributed by atoms with Crippen molar-refractivity contribution < 1.29 is 44.0 Å². The lowest BCUT2D eigenvalue weighted by Gasteiger charge is -2.07. The third kappa shape index (κ3) is 4.87. The summed E-state index contributed by atoms with van der Waals surface area (Å²) in [5.74, 6) is -1.04. The monoisotopic (exact) mass is 488 g/mol. The molecule has 0 amide bonds. The zero-order chi connectivity index (χ0) is 23.2. The van der Waals surface area contributed by atoms with Crippen LogP contribution < -0.4 is 0 Å². The van der Waals surface area contributed by atoms with E-state index in [0.717, 1.165) is 6.07 Å². The summed E-state index contributed by atoms with van der Waals surface area (Å²) in [6.45, 7) is 0. The van der Waals surface area contributed by atoms with Crippen LogP contribution in [0.1, 0.15) is 0 Å². The highest BCUT2D eigenvalue weighted by molar-refractivity contribution is 7.87. The van der Waals surface area contributed by atoms with E-state index in [4.69, 9.17) is 9.11 Å². The summed E-state index contributed by atoms with van der Waals surface area (Å²) < 4.78 is 95.9. The lowest BCUT2D eigenvalue weighted by molar-refractivity contribution is 0.442. The van der Waals surface area contributed by atoms with E-state index in [2.05, 4.69) is 10.2 Å². The Morgan fingerprint density at radius 3 is 1.84 bits per heavy atom. The summed E-state index contributed by atoms with van der Waals surface area (Å²) in [6.07, 6.45) is 0. The standard InChI is InChI=1S/C16H12N2O10S3/c19-14-7-13(15(30(23,24)25)8-16(14)31(26,27)28)18-17-12-3-1-2-9-6-10(29(20,21)22)4-5-11(9)12/h1-8,19H,(H,20,21,22)(H,23,24,25)(H,26,27,28). The molecular weight excluding hydrogens is 476 g/mol. The largest absolute Gasteiger partial charge is 0.506 e. The van der Waals surface area contributed by atoms with E-state index in [1.165, 1.54) is 30.3 Å². The van der Waals surface area contributed by atoms with E-state index < -0.39 is 51.6 Å². The first-order valence-electron chi connectivity index (χ1n) is 7.92. The minimum atomic E-state index is -5.04. The molecule has 0 aliphatic carbocycles. The number of hydrogen-bond acceptors (Lipinski definition) is 9. The van der Waals surface area contributed by atoms with Crippen molar-refractivity contribution in [2.75, 3.05) is 0 Å². The van der Waals surface area contributed by atoms with Crippen molar-refractivity contribution >= 4 is 52.5 Å². The third-order valence-corrected chi connectivity index (χ3v) is 6.60. The van der Waals surface area contributed by atoms with Gasteiger partial charge < -0.3 is 5.11 Å². The van der Waals surface area contributed by atoms with Gasteiger partial charge in [0, 0.05) is 11.5 Å². The van der Waals surface area contributed by atoms with Gasteiger partial charge in [0.05, 0.1) is 10.6 Å². The van der Waals surface area contributed by atoms with E-state index in [9.17, 15) is 34.9 Å². The van der Waals surface area contributed by atoms with E-state index >= 15 is 0 Å². The number of hydrogen-bond donors (Lipinski definition) is 4. The number of azo groups is 1. The molecule has 0 aliphatic rings. The number of fused-ring (bicyclic) bond motifs is 1. The molecule has 0 aromatic heterocycles. The van der Waals surface area contributed by atoms with Crippen molar-refractivity contribution in [3.05, 3.63) is 48.5 Å². The summed E-state index contributed by atoms with van der Waals surface area (Å²) in [5.41, 5.74) is -0.530. The normalized spacial score (nSPS) is 13.1. The molecule has 0 heterocycles. The molecule has 0 aliphatic heterocycles. The van der Waals surface area contributed by atoms with Gasteiger partial charge in [-0.05, 0) is 29.7 Å². The van der Waals surface area contributed by atoms with Gasteiger partial charge in [0.2, 0.25) is 0 Å². The highest BCUT2D eigenvalue weighted by Gasteiger charge is 2.24. The van der Waals surface area contributed by atoms with Crippen LogP contribution in [0.15, 0.2) is 73.4 Å². The van der Waals surface area contributed by atoms with E-state index in [0.29, 0.717) is 22.9 Å². The molecule has 15 heteroatoms. The maximum absolute atomic E-state index is 11.6. The second-order valence-corrected chi connectivity index (χ2v) is 10.3. The second-order valence-electron chi connectivity index (χ2n) is 6.07. The fraction of sp³-hybridized carbons (Fsp3) is 0. The van der Waals surface area contributed by atoms with Gasteiger partial charge in [-0.1, -0.05) is 18.2 Å². The molecule has 3 rings (SSSR count). The van der Waals surface area contributed by atoms with Crippen LogP contribution in [-0.2, 0) is 30.4 Å². The molecular formula is C16H12N2O10S3. The predicted octanol–water partition coefficient (Wildman–Crippen LogP) is 2.70. The van der Waals surface area contributed by atoms with Gasteiger partial charge in [-0.15, -0.1) is 10.2 Å². The maximum Gasteiger partial charge on any atom is 0.298 e. The summed E-state index contributed by atoms with van der Waals surface area (Å²) in [4.78, 5) is -2.58. The lowest BCUT2D eigenvalue weighted by Crippen LogP contribution is -2.04. The molecule has 0 spiro atoms. The molecule has 12 nitrogen and oxygen atoms in total. The van der Waals surface area contributed by atoms with Crippen molar-refractivity contribution in [3.8, 4) is 5.75 Å². The van der Waals surface area contributed by atoms with Crippen molar-refractivity contribution in [1.82, 2.24) is 0 Å². The van der Waals surface area contributed by atoms with Gasteiger partial charge in [-0.3, -0.25) is 13.7 Å². The Labute approximate surface area is 175 Å². The minimum absolute atomic E-state index is 0.110. The smallest absolute Gasteiger partial charge is 0.298 e. The molecule has 0 fully saturated rings. The van der Waals surface area contributed by atoms with Crippen LogP contribution >= 0.6 is 0 Å². The Hall–Kier alpha value is -2.95. The van der Waals surface area contributed by atoms with Crippen LogP contribution in [-0.4, -0.2) is 44.0 Å². The van der Waals surface area contributed by atoms with Crippen LogP contribution in [0.4, 0.5) is 11.4 Å². The molecule has 3 aromatic rings. The highest BCUT2D eigenvalue weighted by Crippen LogP contribution is 2.36. The van der Waals surface area contributed by atoms with E-state index in [1.807, 2.05) is 0 Å². The fourth-order valence-corrected chi connectivity index (χ4v) is 4.44. The van der Waals surface area contributed by atoms with Crippen molar-refractivity contribution in [1.29, 1.82) is 0 Å². The molecule has 0 radical (unpaired) electrons. The van der Waals surface area contributed by atoms with Crippen LogP contribution in [0, 0.1) is 0 Å². The zero-order valence-electron chi connectivity index (χ0n) is 15.0. The zero-order valence-corrected chi connectivity index (χ0v) is 17.4. The predicted molar refractivity (Wildman–Crippen MR) is 106 cm³/mol. The summed E-state index contributed by atoms with van der Waals surface area (Å²) in [7, 11) is -14.5. The average molecular weight is 488 g/mol. The van der Waals surface area contributed by atoms with Crippen molar-refractivity contribution in [2.45, 2.75) is 14.7 Å². The quantitative estimate of drug-likeness (QED) is 0.305. The maximum atomic E-state index is 11.6. The Bertz CT molecular complexity index is 1560. The van der Waals surface area contributed by atoms with Gasteiger partial charge in [0.15, 0.2) is 0 Å². The number of phenolic OH excluding ortho intramolecular Hbond substituents is 1. The minimum Gasteiger partial charge on any atom is -0.506 e. The van der Waals surface area contributed by atoms with Crippen LogP contribution in [0.25, 0.3) is 10.8 Å². The third-order valence-electron chi connectivity index (χ3n) is 3.99. The molecule has 4 N–H and O–H groups in total. The fourth-order valence-electron chi connectivity index (χ4n) is 2.63.